The van der Waals surface area contributed by atoms with Crippen molar-refractivity contribution in [3.8, 4) is 0 Å². The second-order valence-electron chi connectivity index (χ2n) is 7.21. The molecule has 1 heterocycles. The highest BCUT2D eigenvalue weighted by Gasteiger charge is 2.31. The average Bonchev–Trinajstić information content (AvgIpc) is 3.06. The van der Waals surface area contributed by atoms with E-state index in [0.717, 1.165) is 12.8 Å². The molecule has 1 atom stereocenters. The van der Waals surface area contributed by atoms with Crippen LogP contribution < -0.4 is 5.32 Å². The summed E-state index contributed by atoms with van der Waals surface area (Å²) in [6, 6.07) is 3.89. The zero-order valence-corrected chi connectivity index (χ0v) is 17.4. The van der Waals surface area contributed by atoms with Crippen LogP contribution in [0.2, 0.25) is 0 Å². The highest BCUT2D eigenvalue weighted by atomic mass is 32.1. The maximum atomic E-state index is 11.3. The van der Waals surface area contributed by atoms with Crippen molar-refractivity contribution in [2.75, 3.05) is 6.61 Å². The van der Waals surface area contributed by atoms with Crippen LogP contribution in [0.15, 0.2) is 12.1 Å². The Hall–Kier alpha value is -0.910. The SMILES string of the molecule is CCCCCCCCCCCCc1ccc(C(O)(CCO)NC(C)=O)s1. The first kappa shape index (κ1) is 23.1. The van der Waals surface area contributed by atoms with Crippen LogP contribution in [0, 0.1) is 0 Å². The van der Waals surface area contributed by atoms with E-state index in [1.54, 1.807) is 0 Å². The molecule has 1 unspecified atom stereocenters. The van der Waals surface area contributed by atoms with Gasteiger partial charge in [0.25, 0.3) is 0 Å². The fraction of sp³-hybridized carbons (Fsp3) is 0.762. The molecule has 0 aliphatic heterocycles. The number of nitrogens with one attached hydrogen (secondary N) is 1. The first-order valence-corrected chi connectivity index (χ1v) is 11.0. The van der Waals surface area contributed by atoms with Crippen molar-refractivity contribution in [1.82, 2.24) is 5.32 Å². The molecule has 0 radical (unpaired) electrons. The van der Waals surface area contributed by atoms with E-state index < -0.39 is 5.72 Å². The molecular formula is C21H37NO3S. The topological polar surface area (TPSA) is 69.6 Å². The van der Waals surface area contributed by atoms with Gasteiger partial charge in [-0.2, -0.15) is 0 Å². The van der Waals surface area contributed by atoms with Crippen LogP contribution in [0.4, 0.5) is 0 Å². The van der Waals surface area contributed by atoms with Gasteiger partial charge in [0.1, 0.15) is 0 Å². The molecule has 0 aliphatic rings. The van der Waals surface area contributed by atoms with Crippen LogP contribution in [0.25, 0.3) is 0 Å². The highest BCUT2D eigenvalue weighted by Crippen LogP contribution is 2.30. The molecule has 0 saturated heterocycles. The van der Waals surface area contributed by atoms with E-state index in [1.807, 2.05) is 12.1 Å². The van der Waals surface area contributed by atoms with E-state index in [1.165, 1.54) is 80.9 Å². The largest absolute Gasteiger partial charge is 0.396 e. The lowest BCUT2D eigenvalue weighted by molar-refractivity contribution is -0.128. The number of carbonyl (C=O) groups is 1. The molecule has 1 rings (SSSR count). The number of unbranched alkanes of at least 4 members (excludes halogenated alkanes) is 9. The maximum Gasteiger partial charge on any atom is 0.219 e. The van der Waals surface area contributed by atoms with E-state index in [0.29, 0.717) is 4.88 Å². The summed E-state index contributed by atoms with van der Waals surface area (Å²) in [6.45, 7) is 3.45. The second kappa shape index (κ2) is 13.3. The third-order valence-electron chi connectivity index (χ3n) is 4.70. The summed E-state index contributed by atoms with van der Waals surface area (Å²) >= 11 is 1.53. The molecule has 150 valence electrons. The Labute approximate surface area is 163 Å². The minimum Gasteiger partial charge on any atom is -0.396 e. The second-order valence-corrected chi connectivity index (χ2v) is 8.38. The predicted molar refractivity (Wildman–Crippen MR) is 109 cm³/mol. The lowest BCUT2D eigenvalue weighted by atomic mass is 10.1. The molecule has 0 spiro atoms. The van der Waals surface area contributed by atoms with Crippen LogP contribution in [-0.2, 0) is 16.9 Å². The van der Waals surface area contributed by atoms with E-state index in [-0.39, 0.29) is 18.9 Å². The van der Waals surface area contributed by atoms with Crippen LogP contribution >= 0.6 is 11.3 Å². The minimum absolute atomic E-state index is 0.102. The molecule has 0 aliphatic carbocycles. The third kappa shape index (κ3) is 9.15. The average molecular weight is 384 g/mol. The van der Waals surface area contributed by atoms with Gasteiger partial charge in [-0.05, 0) is 25.0 Å². The van der Waals surface area contributed by atoms with Gasteiger partial charge in [0.2, 0.25) is 5.91 Å². The van der Waals surface area contributed by atoms with Crippen molar-refractivity contribution < 1.29 is 15.0 Å². The van der Waals surface area contributed by atoms with Crippen LogP contribution in [0.3, 0.4) is 0 Å². The molecule has 0 bridgehead atoms. The summed E-state index contributed by atoms with van der Waals surface area (Å²) in [5.74, 6) is -0.300. The van der Waals surface area contributed by atoms with Crippen molar-refractivity contribution in [2.24, 2.45) is 0 Å². The zero-order chi connectivity index (χ0) is 19.3. The molecule has 26 heavy (non-hydrogen) atoms. The first-order chi connectivity index (χ1) is 12.5. The Balaban J connectivity index is 2.25. The Kier molecular flexibility index (Phi) is 11.8. The summed E-state index contributed by atoms with van der Waals surface area (Å²) in [5, 5.41) is 22.4. The Bertz CT molecular complexity index is 503. The number of hydrogen-bond acceptors (Lipinski definition) is 4. The molecule has 1 amide bonds. The van der Waals surface area contributed by atoms with Gasteiger partial charge < -0.3 is 15.5 Å². The predicted octanol–water partition coefficient (Wildman–Crippen LogP) is 4.88. The van der Waals surface area contributed by atoms with Gasteiger partial charge in [-0.15, -0.1) is 11.3 Å². The van der Waals surface area contributed by atoms with Crippen LogP contribution in [0.1, 0.15) is 94.2 Å². The highest BCUT2D eigenvalue weighted by molar-refractivity contribution is 7.12. The molecule has 0 aromatic carbocycles. The fourth-order valence-electron chi connectivity index (χ4n) is 3.22. The molecular weight excluding hydrogens is 346 g/mol. The van der Waals surface area contributed by atoms with Crippen LogP contribution in [-0.4, -0.2) is 22.7 Å². The standard InChI is InChI=1S/C21H37NO3S/c1-3-4-5-6-7-8-9-10-11-12-13-19-14-15-20(26-19)21(25,16-17-23)22-18(2)24/h14-15,23,25H,3-13,16-17H2,1-2H3,(H,22,24). The first-order valence-electron chi connectivity index (χ1n) is 10.2. The zero-order valence-electron chi connectivity index (χ0n) is 16.6. The van der Waals surface area contributed by atoms with Crippen molar-refractivity contribution in [3.05, 3.63) is 21.9 Å². The van der Waals surface area contributed by atoms with Crippen molar-refractivity contribution in [3.63, 3.8) is 0 Å². The molecule has 3 N–H and O–H groups in total. The van der Waals surface area contributed by atoms with E-state index in [9.17, 15) is 15.0 Å². The smallest absolute Gasteiger partial charge is 0.219 e. The Morgan fingerprint density at radius 1 is 1.04 bits per heavy atom. The lowest BCUT2D eigenvalue weighted by Crippen LogP contribution is -2.45. The molecule has 0 fully saturated rings. The minimum atomic E-state index is -1.46. The lowest BCUT2D eigenvalue weighted by Gasteiger charge is -2.26. The third-order valence-corrected chi connectivity index (χ3v) is 6.00. The summed E-state index contributed by atoms with van der Waals surface area (Å²) in [5.41, 5.74) is -1.46. The van der Waals surface area contributed by atoms with Gasteiger partial charge >= 0.3 is 0 Å². The van der Waals surface area contributed by atoms with E-state index in [2.05, 4.69) is 12.2 Å². The maximum absolute atomic E-state index is 11.3. The molecule has 1 aromatic rings. The summed E-state index contributed by atoms with van der Waals surface area (Å²) in [6.07, 6.45) is 14.3. The summed E-state index contributed by atoms with van der Waals surface area (Å²) in [7, 11) is 0. The Morgan fingerprint density at radius 3 is 2.15 bits per heavy atom. The normalized spacial score (nSPS) is 13.5. The number of aliphatic hydroxyl groups is 2. The van der Waals surface area contributed by atoms with E-state index in [4.69, 9.17) is 0 Å². The molecule has 4 nitrogen and oxygen atoms in total. The quantitative estimate of drug-likeness (QED) is 0.299. The van der Waals surface area contributed by atoms with Gasteiger partial charge in [0.05, 0.1) is 4.88 Å². The number of rotatable bonds is 15. The van der Waals surface area contributed by atoms with Crippen molar-refractivity contribution in [1.29, 1.82) is 0 Å². The molecule has 1 aromatic heterocycles. The monoisotopic (exact) mass is 383 g/mol. The number of amides is 1. The number of carbonyl (C=O) groups excluding carboxylic acids is 1. The van der Waals surface area contributed by atoms with Gasteiger partial charge in [0, 0.05) is 24.8 Å². The number of hydrogen-bond donors (Lipinski definition) is 3. The van der Waals surface area contributed by atoms with Crippen LogP contribution in [0.5, 0.6) is 0 Å². The summed E-state index contributed by atoms with van der Waals surface area (Å²) < 4.78 is 0. The van der Waals surface area contributed by atoms with E-state index >= 15 is 0 Å². The molecule has 0 saturated carbocycles. The van der Waals surface area contributed by atoms with Crippen molar-refractivity contribution in [2.45, 2.75) is 96.6 Å². The van der Waals surface area contributed by atoms with Gasteiger partial charge in [-0.1, -0.05) is 64.7 Å². The number of aliphatic hydroxyl groups excluding tert-OH is 1. The fourth-order valence-corrected chi connectivity index (χ4v) is 4.34. The Morgan fingerprint density at radius 2 is 1.62 bits per heavy atom. The number of thiophene rings is 1. The number of aryl methyl sites for hydroxylation is 1. The van der Waals surface area contributed by atoms with Crippen molar-refractivity contribution >= 4 is 17.2 Å². The van der Waals surface area contributed by atoms with Gasteiger partial charge in [-0.3, -0.25) is 4.79 Å². The van der Waals surface area contributed by atoms with Gasteiger partial charge in [-0.25, -0.2) is 0 Å². The summed E-state index contributed by atoms with van der Waals surface area (Å²) in [4.78, 5) is 13.3. The molecule has 5 heteroatoms. The van der Waals surface area contributed by atoms with Gasteiger partial charge in [0.15, 0.2) is 5.72 Å².